The van der Waals surface area contributed by atoms with Gasteiger partial charge < -0.3 is 0 Å². The van der Waals surface area contributed by atoms with Gasteiger partial charge in [-0.15, -0.1) is 10.2 Å². The second-order valence-corrected chi connectivity index (χ2v) is 7.51. The maximum Gasteiger partial charge on any atom is 0.196 e. The van der Waals surface area contributed by atoms with Crippen LogP contribution in [-0.2, 0) is 5.75 Å². The first-order valence-electron chi connectivity index (χ1n) is 8.92. The van der Waals surface area contributed by atoms with E-state index >= 15 is 0 Å². The molecule has 6 heteroatoms. The van der Waals surface area contributed by atoms with E-state index in [0.29, 0.717) is 5.75 Å². The third-order valence-corrected chi connectivity index (χ3v) is 5.58. The van der Waals surface area contributed by atoms with Crippen LogP contribution >= 0.6 is 11.8 Å². The SMILES string of the molecule is Cc1ccc(-n2c(SCc3cccc(F)c3)nnc2-c2ccncc2)cc1C. The molecule has 28 heavy (non-hydrogen) atoms. The highest BCUT2D eigenvalue weighted by atomic mass is 32.2. The molecule has 0 aliphatic rings. The predicted octanol–water partition coefficient (Wildman–Crippen LogP) is 5.38. The Labute approximate surface area is 167 Å². The Hall–Kier alpha value is -2.99. The van der Waals surface area contributed by atoms with Gasteiger partial charge in [0.15, 0.2) is 11.0 Å². The van der Waals surface area contributed by atoms with E-state index in [4.69, 9.17) is 0 Å². The smallest absolute Gasteiger partial charge is 0.196 e. The lowest BCUT2D eigenvalue weighted by Crippen LogP contribution is -2.01. The monoisotopic (exact) mass is 390 g/mol. The Kier molecular flexibility index (Phi) is 5.21. The van der Waals surface area contributed by atoms with E-state index in [1.54, 1.807) is 24.5 Å². The number of pyridine rings is 1. The summed E-state index contributed by atoms with van der Waals surface area (Å²) in [6, 6.07) is 16.8. The lowest BCUT2D eigenvalue weighted by molar-refractivity contribution is 0.626. The van der Waals surface area contributed by atoms with E-state index in [1.807, 2.05) is 22.8 Å². The number of aryl methyl sites for hydroxylation is 2. The third-order valence-electron chi connectivity index (χ3n) is 4.58. The van der Waals surface area contributed by atoms with E-state index in [2.05, 4.69) is 47.2 Å². The number of thioether (sulfide) groups is 1. The Bertz CT molecular complexity index is 1110. The molecule has 0 spiro atoms. The Morgan fingerprint density at radius 3 is 2.50 bits per heavy atom. The van der Waals surface area contributed by atoms with Crippen molar-refractivity contribution in [1.29, 1.82) is 0 Å². The van der Waals surface area contributed by atoms with Gasteiger partial charge in [0.25, 0.3) is 0 Å². The van der Waals surface area contributed by atoms with Crippen LogP contribution in [0, 0.1) is 19.7 Å². The van der Waals surface area contributed by atoms with Gasteiger partial charge in [0.2, 0.25) is 0 Å². The molecule has 4 nitrogen and oxygen atoms in total. The van der Waals surface area contributed by atoms with Crippen molar-refractivity contribution in [2.75, 3.05) is 0 Å². The number of nitrogens with zero attached hydrogens (tertiary/aromatic N) is 4. The van der Waals surface area contributed by atoms with Gasteiger partial charge in [-0.1, -0.05) is 30.0 Å². The summed E-state index contributed by atoms with van der Waals surface area (Å²) in [4.78, 5) is 4.09. The number of hydrogen-bond donors (Lipinski definition) is 0. The minimum absolute atomic E-state index is 0.230. The molecule has 0 aliphatic heterocycles. The number of hydrogen-bond acceptors (Lipinski definition) is 4. The third kappa shape index (κ3) is 3.82. The summed E-state index contributed by atoms with van der Waals surface area (Å²) in [5.41, 5.74) is 5.29. The molecule has 4 aromatic rings. The fraction of sp³-hybridized carbons (Fsp3) is 0.136. The van der Waals surface area contributed by atoms with Gasteiger partial charge in [-0.05, 0) is 66.9 Å². The summed E-state index contributed by atoms with van der Waals surface area (Å²) in [6.45, 7) is 4.18. The van der Waals surface area contributed by atoms with Gasteiger partial charge in [0.1, 0.15) is 5.82 Å². The van der Waals surface area contributed by atoms with Crippen LogP contribution in [0.25, 0.3) is 17.1 Å². The van der Waals surface area contributed by atoms with Gasteiger partial charge in [-0.2, -0.15) is 0 Å². The van der Waals surface area contributed by atoms with Crippen LogP contribution in [0.2, 0.25) is 0 Å². The second-order valence-electron chi connectivity index (χ2n) is 6.56. The predicted molar refractivity (Wildman–Crippen MR) is 110 cm³/mol. The number of aromatic nitrogens is 4. The molecule has 140 valence electrons. The van der Waals surface area contributed by atoms with Gasteiger partial charge in [0, 0.05) is 23.7 Å². The highest BCUT2D eigenvalue weighted by Crippen LogP contribution is 2.30. The first-order chi connectivity index (χ1) is 13.6. The summed E-state index contributed by atoms with van der Waals surface area (Å²) < 4.78 is 15.5. The van der Waals surface area contributed by atoms with Gasteiger partial charge >= 0.3 is 0 Å². The number of benzene rings is 2. The molecule has 0 saturated carbocycles. The van der Waals surface area contributed by atoms with E-state index in [9.17, 15) is 4.39 Å². The molecule has 0 radical (unpaired) electrons. The Morgan fingerprint density at radius 2 is 1.75 bits per heavy atom. The van der Waals surface area contributed by atoms with Gasteiger partial charge in [-0.25, -0.2) is 4.39 Å². The van der Waals surface area contributed by atoms with Crippen molar-refractivity contribution in [2.45, 2.75) is 24.8 Å². The molecule has 2 aromatic carbocycles. The fourth-order valence-corrected chi connectivity index (χ4v) is 3.82. The molecule has 0 amide bonds. The topological polar surface area (TPSA) is 43.6 Å². The lowest BCUT2D eigenvalue weighted by atomic mass is 10.1. The van der Waals surface area contributed by atoms with Crippen LogP contribution in [-0.4, -0.2) is 19.7 Å². The van der Waals surface area contributed by atoms with Crippen molar-refractivity contribution < 1.29 is 4.39 Å². The summed E-state index contributed by atoms with van der Waals surface area (Å²) in [5.74, 6) is 1.13. The van der Waals surface area contributed by atoms with Crippen LogP contribution in [0.15, 0.2) is 72.1 Å². The number of halogens is 1. The van der Waals surface area contributed by atoms with E-state index in [-0.39, 0.29) is 5.82 Å². The summed E-state index contributed by atoms with van der Waals surface area (Å²) in [7, 11) is 0. The average molecular weight is 390 g/mol. The molecule has 0 aliphatic carbocycles. The zero-order valence-corrected chi connectivity index (χ0v) is 16.4. The van der Waals surface area contributed by atoms with Crippen molar-refractivity contribution in [2.24, 2.45) is 0 Å². The van der Waals surface area contributed by atoms with Crippen molar-refractivity contribution in [3.8, 4) is 17.1 Å². The Balaban J connectivity index is 1.75. The molecule has 0 bridgehead atoms. The van der Waals surface area contributed by atoms with E-state index < -0.39 is 0 Å². The lowest BCUT2D eigenvalue weighted by Gasteiger charge is -2.12. The molecule has 2 heterocycles. The van der Waals surface area contributed by atoms with Crippen molar-refractivity contribution in [3.63, 3.8) is 0 Å². The summed E-state index contributed by atoms with van der Waals surface area (Å²) >= 11 is 1.54. The first kappa shape index (κ1) is 18.4. The zero-order valence-electron chi connectivity index (χ0n) is 15.6. The molecule has 0 fully saturated rings. The highest BCUT2D eigenvalue weighted by Gasteiger charge is 2.16. The van der Waals surface area contributed by atoms with Crippen LogP contribution in [0.3, 0.4) is 0 Å². The van der Waals surface area contributed by atoms with Crippen molar-refractivity contribution in [3.05, 3.63) is 89.5 Å². The van der Waals surface area contributed by atoms with Crippen LogP contribution in [0.4, 0.5) is 4.39 Å². The Morgan fingerprint density at radius 1 is 0.929 bits per heavy atom. The highest BCUT2D eigenvalue weighted by molar-refractivity contribution is 7.98. The molecule has 0 unspecified atom stereocenters. The van der Waals surface area contributed by atoms with E-state index in [0.717, 1.165) is 27.8 Å². The second kappa shape index (κ2) is 7.94. The van der Waals surface area contributed by atoms with Crippen LogP contribution < -0.4 is 0 Å². The van der Waals surface area contributed by atoms with Crippen LogP contribution in [0.1, 0.15) is 16.7 Å². The maximum absolute atomic E-state index is 13.5. The molecule has 0 atom stereocenters. The van der Waals surface area contributed by atoms with E-state index in [1.165, 1.54) is 29.0 Å². The maximum atomic E-state index is 13.5. The standard InChI is InChI=1S/C22H19FN4S/c1-15-6-7-20(12-16(15)2)27-21(18-8-10-24-11-9-18)25-26-22(27)28-14-17-4-3-5-19(23)13-17/h3-13H,14H2,1-2H3. The molecular weight excluding hydrogens is 371 g/mol. The molecule has 0 saturated heterocycles. The summed E-state index contributed by atoms with van der Waals surface area (Å²) in [6.07, 6.45) is 3.49. The minimum Gasteiger partial charge on any atom is -0.270 e. The molecule has 0 N–H and O–H groups in total. The normalized spacial score (nSPS) is 11.0. The zero-order chi connectivity index (χ0) is 19.5. The van der Waals surface area contributed by atoms with Crippen molar-refractivity contribution >= 4 is 11.8 Å². The quantitative estimate of drug-likeness (QED) is 0.429. The summed E-state index contributed by atoms with van der Waals surface area (Å²) in [5, 5.41) is 9.62. The largest absolute Gasteiger partial charge is 0.270 e. The van der Waals surface area contributed by atoms with Gasteiger partial charge in [-0.3, -0.25) is 9.55 Å². The molecule has 4 rings (SSSR count). The number of rotatable bonds is 5. The van der Waals surface area contributed by atoms with Crippen LogP contribution in [0.5, 0.6) is 0 Å². The minimum atomic E-state index is -0.230. The van der Waals surface area contributed by atoms with Gasteiger partial charge in [0.05, 0.1) is 5.69 Å². The molecule has 2 aromatic heterocycles. The first-order valence-corrected chi connectivity index (χ1v) is 9.91. The average Bonchev–Trinajstić information content (AvgIpc) is 3.13. The van der Waals surface area contributed by atoms with Crippen molar-refractivity contribution in [1.82, 2.24) is 19.7 Å². The molecular formula is C22H19FN4S. The fourth-order valence-electron chi connectivity index (χ4n) is 2.92.